The van der Waals surface area contributed by atoms with E-state index < -0.39 is 5.97 Å². The molecule has 2 heteroatoms. The topological polar surface area (TPSA) is 37.3 Å². The van der Waals surface area contributed by atoms with Crippen LogP contribution in [0.15, 0.2) is 0 Å². The van der Waals surface area contributed by atoms with E-state index in [1.165, 1.54) is 25.7 Å². The SMILES string of the molecule is CCC1CC(CC)C(CCC(=O)O)C1. The first-order valence-electron chi connectivity index (χ1n) is 5.89. The molecule has 1 fully saturated rings. The molecule has 0 saturated heterocycles. The Morgan fingerprint density at radius 2 is 1.86 bits per heavy atom. The van der Waals surface area contributed by atoms with Gasteiger partial charge in [-0.2, -0.15) is 0 Å². The van der Waals surface area contributed by atoms with Gasteiger partial charge >= 0.3 is 5.97 Å². The third kappa shape index (κ3) is 3.00. The van der Waals surface area contributed by atoms with Crippen LogP contribution in [0.5, 0.6) is 0 Å². The van der Waals surface area contributed by atoms with Crippen LogP contribution in [-0.2, 0) is 4.79 Å². The maximum absolute atomic E-state index is 10.5. The minimum absolute atomic E-state index is 0.359. The summed E-state index contributed by atoms with van der Waals surface area (Å²) < 4.78 is 0. The molecule has 0 amide bonds. The van der Waals surface area contributed by atoms with E-state index in [1.807, 2.05) is 0 Å². The van der Waals surface area contributed by atoms with Crippen LogP contribution >= 0.6 is 0 Å². The summed E-state index contributed by atoms with van der Waals surface area (Å²) in [7, 11) is 0. The predicted octanol–water partition coefficient (Wildman–Crippen LogP) is 3.31. The van der Waals surface area contributed by atoms with Gasteiger partial charge in [0.1, 0.15) is 0 Å². The standard InChI is InChI=1S/C12H22O2/c1-3-9-7-10(4-2)11(8-9)5-6-12(13)14/h9-11H,3-8H2,1-2H3,(H,13,14). The molecule has 1 aliphatic rings. The predicted molar refractivity (Wildman–Crippen MR) is 57.2 cm³/mol. The molecule has 0 aliphatic heterocycles. The van der Waals surface area contributed by atoms with Crippen LogP contribution in [-0.4, -0.2) is 11.1 Å². The summed E-state index contributed by atoms with van der Waals surface area (Å²) in [6.45, 7) is 4.48. The Morgan fingerprint density at radius 3 is 2.36 bits per heavy atom. The largest absolute Gasteiger partial charge is 0.481 e. The number of hydrogen-bond donors (Lipinski definition) is 1. The highest BCUT2D eigenvalue weighted by molar-refractivity contribution is 5.66. The summed E-state index contributed by atoms with van der Waals surface area (Å²) in [6.07, 6.45) is 6.34. The van der Waals surface area contributed by atoms with E-state index in [0.717, 1.165) is 18.3 Å². The van der Waals surface area contributed by atoms with Gasteiger partial charge in [0.2, 0.25) is 0 Å². The van der Waals surface area contributed by atoms with Crippen molar-refractivity contribution in [3.8, 4) is 0 Å². The smallest absolute Gasteiger partial charge is 0.303 e. The molecule has 0 aromatic heterocycles. The Labute approximate surface area is 86.7 Å². The molecule has 14 heavy (non-hydrogen) atoms. The lowest BCUT2D eigenvalue weighted by Crippen LogP contribution is -2.09. The Bertz CT molecular complexity index is 189. The van der Waals surface area contributed by atoms with E-state index in [9.17, 15) is 4.79 Å². The molecule has 1 saturated carbocycles. The van der Waals surface area contributed by atoms with Crippen LogP contribution in [0.25, 0.3) is 0 Å². The summed E-state index contributed by atoms with van der Waals surface area (Å²) >= 11 is 0. The van der Waals surface area contributed by atoms with Gasteiger partial charge in [0.25, 0.3) is 0 Å². The second-order valence-electron chi connectivity index (χ2n) is 4.61. The summed E-state index contributed by atoms with van der Waals surface area (Å²) in [5.74, 6) is 1.69. The Kier molecular flexibility index (Phi) is 4.43. The second kappa shape index (κ2) is 5.38. The van der Waals surface area contributed by atoms with Crippen molar-refractivity contribution in [2.45, 2.75) is 52.4 Å². The lowest BCUT2D eigenvalue weighted by molar-refractivity contribution is -0.137. The summed E-state index contributed by atoms with van der Waals surface area (Å²) in [5, 5.41) is 8.66. The molecule has 0 aromatic carbocycles. The van der Waals surface area contributed by atoms with Crippen molar-refractivity contribution in [1.82, 2.24) is 0 Å². The summed E-state index contributed by atoms with van der Waals surface area (Å²) in [5.41, 5.74) is 0. The number of hydrogen-bond acceptors (Lipinski definition) is 1. The molecule has 0 bridgehead atoms. The van der Waals surface area contributed by atoms with Crippen LogP contribution in [0.2, 0.25) is 0 Å². The molecular formula is C12H22O2. The third-order valence-corrected chi connectivity index (χ3v) is 3.77. The zero-order chi connectivity index (χ0) is 10.6. The molecule has 2 nitrogen and oxygen atoms in total. The number of aliphatic carboxylic acids is 1. The maximum atomic E-state index is 10.5. The fourth-order valence-corrected chi connectivity index (χ4v) is 2.83. The van der Waals surface area contributed by atoms with Crippen LogP contribution < -0.4 is 0 Å². The maximum Gasteiger partial charge on any atom is 0.303 e. The highest BCUT2D eigenvalue weighted by Gasteiger charge is 2.31. The minimum Gasteiger partial charge on any atom is -0.481 e. The van der Waals surface area contributed by atoms with E-state index in [0.29, 0.717) is 12.3 Å². The highest BCUT2D eigenvalue weighted by Crippen LogP contribution is 2.41. The second-order valence-corrected chi connectivity index (χ2v) is 4.61. The van der Waals surface area contributed by atoms with Gasteiger partial charge < -0.3 is 5.11 Å². The molecular weight excluding hydrogens is 176 g/mol. The zero-order valence-electron chi connectivity index (χ0n) is 9.33. The fourth-order valence-electron chi connectivity index (χ4n) is 2.83. The van der Waals surface area contributed by atoms with E-state index in [2.05, 4.69) is 13.8 Å². The quantitative estimate of drug-likeness (QED) is 0.735. The molecule has 0 spiro atoms. The number of carboxylic acid groups (broad SMARTS) is 1. The fraction of sp³-hybridized carbons (Fsp3) is 0.917. The van der Waals surface area contributed by atoms with Crippen molar-refractivity contribution >= 4 is 5.97 Å². The van der Waals surface area contributed by atoms with Crippen LogP contribution in [0.1, 0.15) is 52.4 Å². The first-order chi connectivity index (χ1) is 6.67. The lowest BCUT2D eigenvalue weighted by Gasteiger charge is -2.16. The molecule has 0 radical (unpaired) electrons. The number of rotatable bonds is 5. The Balaban J connectivity index is 2.38. The van der Waals surface area contributed by atoms with E-state index >= 15 is 0 Å². The molecule has 0 heterocycles. The average Bonchev–Trinajstić information content (AvgIpc) is 2.57. The highest BCUT2D eigenvalue weighted by atomic mass is 16.4. The lowest BCUT2D eigenvalue weighted by atomic mass is 9.90. The van der Waals surface area contributed by atoms with Crippen molar-refractivity contribution < 1.29 is 9.90 Å². The van der Waals surface area contributed by atoms with Crippen LogP contribution in [0.4, 0.5) is 0 Å². The zero-order valence-corrected chi connectivity index (χ0v) is 9.33. The van der Waals surface area contributed by atoms with Crippen LogP contribution in [0.3, 0.4) is 0 Å². The number of carbonyl (C=O) groups is 1. The molecule has 1 aliphatic carbocycles. The van der Waals surface area contributed by atoms with E-state index in [1.54, 1.807) is 0 Å². The van der Waals surface area contributed by atoms with Crippen LogP contribution in [0, 0.1) is 17.8 Å². The number of carboxylic acids is 1. The molecule has 1 N–H and O–H groups in total. The average molecular weight is 198 g/mol. The molecule has 82 valence electrons. The first kappa shape index (κ1) is 11.5. The Morgan fingerprint density at radius 1 is 1.21 bits per heavy atom. The van der Waals surface area contributed by atoms with Crippen molar-refractivity contribution in [2.24, 2.45) is 17.8 Å². The monoisotopic (exact) mass is 198 g/mol. The molecule has 3 unspecified atom stereocenters. The summed E-state index contributed by atoms with van der Waals surface area (Å²) in [6, 6.07) is 0. The van der Waals surface area contributed by atoms with E-state index in [-0.39, 0.29) is 0 Å². The minimum atomic E-state index is -0.639. The van der Waals surface area contributed by atoms with Gasteiger partial charge in [-0.3, -0.25) is 4.79 Å². The van der Waals surface area contributed by atoms with Crippen molar-refractivity contribution in [2.75, 3.05) is 0 Å². The van der Waals surface area contributed by atoms with E-state index in [4.69, 9.17) is 5.11 Å². The first-order valence-corrected chi connectivity index (χ1v) is 5.89. The van der Waals surface area contributed by atoms with Crippen molar-refractivity contribution in [3.63, 3.8) is 0 Å². The van der Waals surface area contributed by atoms with Crippen molar-refractivity contribution in [1.29, 1.82) is 0 Å². The normalized spacial score (nSPS) is 32.0. The third-order valence-electron chi connectivity index (χ3n) is 3.77. The van der Waals surface area contributed by atoms with Gasteiger partial charge in [-0.25, -0.2) is 0 Å². The van der Waals surface area contributed by atoms with Gasteiger partial charge in [-0.15, -0.1) is 0 Å². The van der Waals surface area contributed by atoms with Gasteiger partial charge in [-0.1, -0.05) is 26.7 Å². The Hall–Kier alpha value is -0.530. The van der Waals surface area contributed by atoms with Gasteiger partial charge in [0.15, 0.2) is 0 Å². The molecule has 3 atom stereocenters. The van der Waals surface area contributed by atoms with Crippen molar-refractivity contribution in [3.05, 3.63) is 0 Å². The van der Waals surface area contributed by atoms with Gasteiger partial charge in [-0.05, 0) is 37.0 Å². The van der Waals surface area contributed by atoms with Gasteiger partial charge in [0, 0.05) is 6.42 Å². The molecule has 1 rings (SSSR count). The summed E-state index contributed by atoms with van der Waals surface area (Å²) in [4.78, 5) is 10.5. The van der Waals surface area contributed by atoms with Gasteiger partial charge in [0.05, 0.1) is 0 Å². The molecule has 0 aromatic rings.